The first-order valence-corrected chi connectivity index (χ1v) is 13.2. The van der Waals surface area contributed by atoms with E-state index in [2.05, 4.69) is 10.3 Å². The average Bonchev–Trinajstić information content (AvgIpc) is 3.41. The van der Waals surface area contributed by atoms with Crippen LogP contribution in [0.5, 0.6) is 0 Å². The molecular formula is C27H29F3N4O3S. The summed E-state index contributed by atoms with van der Waals surface area (Å²) in [5.41, 5.74) is 7.13. The highest BCUT2D eigenvalue weighted by Crippen LogP contribution is 2.31. The van der Waals surface area contributed by atoms with Gasteiger partial charge in [-0.05, 0) is 30.5 Å². The van der Waals surface area contributed by atoms with E-state index in [1.165, 1.54) is 23.5 Å². The number of carbonyl (C=O) groups is 2. The summed E-state index contributed by atoms with van der Waals surface area (Å²) in [5, 5.41) is 5.26. The Morgan fingerprint density at radius 1 is 1.16 bits per heavy atom. The third kappa shape index (κ3) is 7.18. The van der Waals surface area contributed by atoms with Crippen LogP contribution in [0, 0.1) is 5.92 Å². The third-order valence-electron chi connectivity index (χ3n) is 6.41. The third-order valence-corrected chi connectivity index (χ3v) is 7.26. The number of likely N-dealkylation sites (tertiary alicyclic amines) is 1. The summed E-state index contributed by atoms with van der Waals surface area (Å²) in [6.45, 7) is 1.21. The van der Waals surface area contributed by atoms with E-state index in [4.69, 9.17) is 10.5 Å². The second-order valence-electron chi connectivity index (χ2n) is 9.04. The van der Waals surface area contributed by atoms with Gasteiger partial charge in [0, 0.05) is 30.6 Å². The fourth-order valence-corrected chi connectivity index (χ4v) is 5.05. The highest BCUT2D eigenvalue weighted by atomic mass is 32.1. The number of piperidine rings is 1. The number of halogens is 3. The van der Waals surface area contributed by atoms with Gasteiger partial charge in [0.1, 0.15) is 11.6 Å². The molecule has 7 nitrogen and oxygen atoms in total. The average molecular weight is 547 g/mol. The van der Waals surface area contributed by atoms with Crippen molar-refractivity contribution in [2.45, 2.75) is 31.7 Å². The Bertz CT molecular complexity index is 1220. The number of rotatable bonds is 9. The lowest BCUT2D eigenvalue weighted by Crippen LogP contribution is -2.46. The first-order chi connectivity index (χ1) is 18.2. The maximum Gasteiger partial charge on any atom is 0.416 e. The van der Waals surface area contributed by atoms with E-state index in [0.717, 1.165) is 17.7 Å². The summed E-state index contributed by atoms with van der Waals surface area (Å²) in [6.07, 6.45) is -3.40. The summed E-state index contributed by atoms with van der Waals surface area (Å²) in [4.78, 5) is 31.7. The lowest BCUT2D eigenvalue weighted by Gasteiger charge is -2.32. The predicted molar refractivity (Wildman–Crippen MR) is 138 cm³/mol. The minimum absolute atomic E-state index is 0.114. The lowest BCUT2D eigenvalue weighted by molar-refractivity contribution is -0.141. The Balaban J connectivity index is 1.26. The maximum absolute atomic E-state index is 12.8. The second kappa shape index (κ2) is 12.5. The molecule has 4 rings (SSSR count). The van der Waals surface area contributed by atoms with Crippen molar-refractivity contribution in [1.82, 2.24) is 15.2 Å². The standard InChI is InChI=1S/C27H29F3N4O3S/c28-27(29,30)21-10-8-18(9-11-21)22-17-38-24(33-22)14-32-26(36)20-7-4-12-34(15-20)25(35)16-37-23(13-31)19-5-2-1-3-6-19/h1-3,5-6,8-11,17,20,23H,4,7,12-16,31H2,(H,32,36)/t20-,23-/m0/s1. The van der Waals surface area contributed by atoms with Gasteiger partial charge in [0.2, 0.25) is 11.8 Å². The number of benzene rings is 2. The van der Waals surface area contributed by atoms with Gasteiger partial charge < -0.3 is 20.7 Å². The maximum atomic E-state index is 12.8. The van der Waals surface area contributed by atoms with Gasteiger partial charge in [-0.2, -0.15) is 13.2 Å². The van der Waals surface area contributed by atoms with Crippen molar-refractivity contribution in [3.05, 3.63) is 76.1 Å². The zero-order chi connectivity index (χ0) is 27.1. The van der Waals surface area contributed by atoms with Gasteiger partial charge >= 0.3 is 6.18 Å². The molecule has 0 radical (unpaired) electrons. The quantitative estimate of drug-likeness (QED) is 0.415. The van der Waals surface area contributed by atoms with Crippen molar-refractivity contribution in [1.29, 1.82) is 0 Å². The summed E-state index contributed by atoms with van der Waals surface area (Å²) >= 11 is 1.32. The number of thiazole rings is 1. The van der Waals surface area contributed by atoms with Crippen LogP contribution in [-0.4, -0.2) is 47.9 Å². The Labute approximate surface area is 222 Å². The van der Waals surface area contributed by atoms with E-state index in [0.29, 0.717) is 42.2 Å². The van der Waals surface area contributed by atoms with Crippen LogP contribution in [0.4, 0.5) is 13.2 Å². The largest absolute Gasteiger partial charge is 0.416 e. The monoisotopic (exact) mass is 546 g/mol. The molecule has 1 aromatic heterocycles. The molecule has 0 unspecified atom stereocenters. The van der Waals surface area contributed by atoms with Gasteiger partial charge in [-0.25, -0.2) is 4.98 Å². The predicted octanol–water partition coefficient (Wildman–Crippen LogP) is 4.40. The number of nitrogens with one attached hydrogen (secondary N) is 1. The molecule has 1 aliphatic heterocycles. The molecule has 2 heterocycles. The second-order valence-corrected chi connectivity index (χ2v) is 9.99. The van der Waals surface area contributed by atoms with Gasteiger partial charge in [0.25, 0.3) is 0 Å². The molecule has 2 amide bonds. The Kier molecular flexibility index (Phi) is 9.13. The van der Waals surface area contributed by atoms with E-state index < -0.39 is 11.7 Å². The van der Waals surface area contributed by atoms with E-state index in [9.17, 15) is 22.8 Å². The molecule has 0 saturated carbocycles. The zero-order valence-corrected chi connectivity index (χ0v) is 21.4. The molecule has 2 atom stereocenters. The van der Waals surface area contributed by atoms with Crippen molar-refractivity contribution >= 4 is 23.2 Å². The van der Waals surface area contributed by atoms with Crippen LogP contribution >= 0.6 is 11.3 Å². The van der Waals surface area contributed by atoms with Gasteiger partial charge in [-0.1, -0.05) is 42.5 Å². The van der Waals surface area contributed by atoms with Gasteiger partial charge in [-0.15, -0.1) is 11.3 Å². The number of aromatic nitrogens is 1. The van der Waals surface area contributed by atoms with Gasteiger partial charge in [0.15, 0.2) is 0 Å². The molecule has 3 N–H and O–H groups in total. The molecule has 1 fully saturated rings. The number of ether oxygens (including phenoxy) is 1. The fraction of sp³-hybridized carbons (Fsp3) is 0.370. The van der Waals surface area contributed by atoms with Crippen LogP contribution < -0.4 is 11.1 Å². The van der Waals surface area contributed by atoms with Crippen LogP contribution in [0.25, 0.3) is 11.3 Å². The number of nitrogens with zero attached hydrogens (tertiary/aromatic N) is 2. The van der Waals surface area contributed by atoms with Gasteiger partial charge in [0.05, 0.1) is 29.8 Å². The van der Waals surface area contributed by atoms with Crippen molar-refractivity contribution in [2.24, 2.45) is 11.7 Å². The molecule has 202 valence electrons. The summed E-state index contributed by atoms with van der Waals surface area (Å²) in [7, 11) is 0. The number of carbonyl (C=O) groups excluding carboxylic acids is 2. The molecule has 3 aromatic rings. The van der Waals surface area contributed by atoms with Crippen LogP contribution in [0.3, 0.4) is 0 Å². The summed E-state index contributed by atoms with van der Waals surface area (Å²) in [5.74, 6) is -0.696. The highest BCUT2D eigenvalue weighted by molar-refractivity contribution is 7.09. The SMILES string of the molecule is NC[C@H](OCC(=O)N1CCC[C@H](C(=O)NCc2nc(-c3ccc(C(F)(F)F)cc3)cs2)C1)c1ccccc1. The van der Waals surface area contributed by atoms with E-state index in [1.807, 2.05) is 30.3 Å². The molecule has 1 aliphatic rings. The molecule has 2 aromatic carbocycles. The smallest absolute Gasteiger partial charge is 0.362 e. The number of hydrogen-bond donors (Lipinski definition) is 2. The summed E-state index contributed by atoms with van der Waals surface area (Å²) < 4.78 is 44.1. The van der Waals surface area contributed by atoms with Crippen molar-refractivity contribution in [3.8, 4) is 11.3 Å². The van der Waals surface area contributed by atoms with E-state index in [1.54, 1.807) is 10.3 Å². The fourth-order valence-electron chi connectivity index (χ4n) is 4.31. The molecule has 1 saturated heterocycles. The molecular weight excluding hydrogens is 517 g/mol. The molecule has 0 aliphatic carbocycles. The Morgan fingerprint density at radius 2 is 1.89 bits per heavy atom. The van der Waals surface area contributed by atoms with Crippen molar-refractivity contribution in [3.63, 3.8) is 0 Å². The van der Waals surface area contributed by atoms with E-state index in [-0.39, 0.29) is 43.5 Å². The van der Waals surface area contributed by atoms with Crippen LogP contribution in [-0.2, 0) is 27.0 Å². The van der Waals surface area contributed by atoms with Crippen LogP contribution in [0.1, 0.15) is 35.1 Å². The number of amides is 2. The molecule has 0 spiro atoms. The first kappa shape index (κ1) is 27.7. The van der Waals surface area contributed by atoms with Crippen molar-refractivity contribution in [2.75, 3.05) is 26.2 Å². The molecule has 0 bridgehead atoms. The zero-order valence-electron chi connectivity index (χ0n) is 20.6. The number of alkyl halides is 3. The van der Waals surface area contributed by atoms with E-state index >= 15 is 0 Å². The lowest BCUT2D eigenvalue weighted by atomic mass is 9.97. The Morgan fingerprint density at radius 3 is 2.58 bits per heavy atom. The van der Waals surface area contributed by atoms with Crippen LogP contribution in [0.15, 0.2) is 60.0 Å². The Hall–Kier alpha value is -3.28. The normalized spacial score (nSPS) is 16.7. The topological polar surface area (TPSA) is 97.5 Å². The first-order valence-electron chi connectivity index (χ1n) is 12.3. The minimum Gasteiger partial charge on any atom is -0.362 e. The highest BCUT2D eigenvalue weighted by Gasteiger charge is 2.30. The molecule has 11 heteroatoms. The van der Waals surface area contributed by atoms with Crippen LogP contribution in [0.2, 0.25) is 0 Å². The number of hydrogen-bond acceptors (Lipinski definition) is 6. The van der Waals surface area contributed by atoms with Crippen molar-refractivity contribution < 1.29 is 27.5 Å². The van der Waals surface area contributed by atoms with Gasteiger partial charge in [-0.3, -0.25) is 9.59 Å². The minimum atomic E-state index is -4.39. The summed E-state index contributed by atoms with van der Waals surface area (Å²) in [6, 6.07) is 14.3. The molecule has 38 heavy (non-hydrogen) atoms. The number of nitrogens with two attached hydrogens (primary N) is 1.